The van der Waals surface area contributed by atoms with Gasteiger partial charge < -0.3 is 4.74 Å². The molecule has 2 rings (SSSR count). The molecular weight excluding hydrogens is 184 g/mol. The lowest BCUT2D eigenvalue weighted by molar-refractivity contribution is 0.0764. The highest BCUT2D eigenvalue weighted by Crippen LogP contribution is 2.24. The molecule has 1 aromatic rings. The van der Waals surface area contributed by atoms with Gasteiger partial charge in [0.15, 0.2) is 0 Å². The quantitative estimate of drug-likeness (QED) is 0.726. The van der Waals surface area contributed by atoms with Crippen LogP contribution in [0.1, 0.15) is 31.7 Å². The Morgan fingerprint density at radius 2 is 2.07 bits per heavy atom. The van der Waals surface area contributed by atoms with E-state index in [0.29, 0.717) is 6.10 Å². The van der Waals surface area contributed by atoms with Crippen molar-refractivity contribution < 1.29 is 4.74 Å². The summed E-state index contributed by atoms with van der Waals surface area (Å²) in [5, 5.41) is 0. The molecule has 1 aliphatic heterocycles. The number of benzene rings is 1. The number of hydrogen-bond acceptors (Lipinski definition) is 1. The third-order valence-corrected chi connectivity index (χ3v) is 2.81. The van der Waals surface area contributed by atoms with Crippen molar-refractivity contribution in [2.45, 2.75) is 32.3 Å². The van der Waals surface area contributed by atoms with E-state index < -0.39 is 0 Å². The Morgan fingerprint density at radius 3 is 2.80 bits per heavy atom. The number of rotatable bonds is 3. The molecule has 1 unspecified atom stereocenters. The minimum absolute atomic E-state index is 0.332. The van der Waals surface area contributed by atoms with Gasteiger partial charge in [0.2, 0.25) is 0 Å². The van der Waals surface area contributed by atoms with Crippen molar-refractivity contribution in [1.29, 1.82) is 0 Å². The number of hydrogen-bond donors (Lipinski definition) is 0. The van der Waals surface area contributed by atoms with Crippen molar-refractivity contribution >= 4 is 5.57 Å². The molecule has 0 amide bonds. The highest BCUT2D eigenvalue weighted by Gasteiger charge is 2.13. The van der Waals surface area contributed by atoms with Crippen LogP contribution in [0.25, 0.3) is 5.57 Å². The van der Waals surface area contributed by atoms with E-state index in [1.165, 1.54) is 17.6 Å². The van der Waals surface area contributed by atoms with Gasteiger partial charge in [-0.3, -0.25) is 0 Å². The lowest BCUT2D eigenvalue weighted by Crippen LogP contribution is -2.16. The molecule has 1 heterocycles. The molecule has 1 atom stereocenters. The summed E-state index contributed by atoms with van der Waals surface area (Å²) in [6.45, 7) is 3.07. The van der Waals surface area contributed by atoms with Crippen molar-refractivity contribution in [3.05, 3.63) is 42.0 Å². The normalized spacial score (nSPS) is 21.1. The van der Waals surface area contributed by atoms with Gasteiger partial charge >= 0.3 is 0 Å². The molecule has 15 heavy (non-hydrogen) atoms. The molecule has 0 fully saturated rings. The van der Waals surface area contributed by atoms with E-state index in [2.05, 4.69) is 43.3 Å². The third kappa shape index (κ3) is 2.69. The van der Waals surface area contributed by atoms with Gasteiger partial charge in [-0.2, -0.15) is 0 Å². The molecule has 0 bridgehead atoms. The van der Waals surface area contributed by atoms with E-state index in [0.717, 1.165) is 19.4 Å². The van der Waals surface area contributed by atoms with Crippen LogP contribution >= 0.6 is 0 Å². The maximum absolute atomic E-state index is 5.69. The molecule has 0 spiro atoms. The fourth-order valence-corrected chi connectivity index (χ4v) is 2.02. The van der Waals surface area contributed by atoms with Crippen LogP contribution in [-0.4, -0.2) is 12.7 Å². The Bertz CT molecular complexity index is 326. The van der Waals surface area contributed by atoms with Gasteiger partial charge in [-0.15, -0.1) is 0 Å². The van der Waals surface area contributed by atoms with Crippen LogP contribution < -0.4 is 0 Å². The first kappa shape index (κ1) is 10.4. The van der Waals surface area contributed by atoms with Gasteiger partial charge in [-0.05, 0) is 24.0 Å². The van der Waals surface area contributed by atoms with Gasteiger partial charge in [0.25, 0.3) is 0 Å². The topological polar surface area (TPSA) is 9.23 Å². The minimum Gasteiger partial charge on any atom is -0.374 e. The van der Waals surface area contributed by atoms with E-state index in [1.54, 1.807) is 0 Å². The van der Waals surface area contributed by atoms with Crippen LogP contribution in [0, 0.1) is 0 Å². The van der Waals surface area contributed by atoms with E-state index in [-0.39, 0.29) is 0 Å². The van der Waals surface area contributed by atoms with Crippen LogP contribution in [0.15, 0.2) is 36.4 Å². The largest absolute Gasteiger partial charge is 0.374 e. The zero-order valence-corrected chi connectivity index (χ0v) is 9.28. The Labute approximate surface area is 91.8 Å². The van der Waals surface area contributed by atoms with Crippen LogP contribution in [-0.2, 0) is 4.74 Å². The first-order valence-corrected chi connectivity index (χ1v) is 5.78. The lowest BCUT2D eigenvalue weighted by Gasteiger charge is -2.21. The molecule has 0 saturated heterocycles. The molecule has 1 aliphatic rings. The van der Waals surface area contributed by atoms with E-state index in [9.17, 15) is 0 Å². The summed E-state index contributed by atoms with van der Waals surface area (Å²) < 4.78 is 5.69. The molecular formula is C14H18O. The first-order valence-electron chi connectivity index (χ1n) is 5.78. The molecule has 1 nitrogen and oxygen atoms in total. The Balaban J connectivity index is 2.15. The number of ether oxygens (including phenoxy) is 1. The predicted molar refractivity (Wildman–Crippen MR) is 63.7 cm³/mol. The highest BCUT2D eigenvalue weighted by atomic mass is 16.5. The van der Waals surface area contributed by atoms with Crippen molar-refractivity contribution in [2.75, 3.05) is 6.61 Å². The van der Waals surface area contributed by atoms with Gasteiger partial charge in [-0.1, -0.05) is 49.8 Å². The van der Waals surface area contributed by atoms with Crippen LogP contribution in [0.5, 0.6) is 0 Å². The van der Waals surface area contributed by atoms with Crippen molar-refractivity contribution in [3.63, 3.8) is 0 Å². The Morgan fingerprint density at radius 1 is 1.27 bits per heavy atom. The maximum atomic E-state index is 5.69. The van der Waals surface area contributed by atoms with Crippen molar-refractivity contribution in [1.82, 2.24) is 0 Å². The van der Waals surface area contributed by atoms with Gasteiger partial charge in [0.1, 0.15) is 0 Å². The lowest BCUT2D eigenvalue weighted by atomic mass is 9.98. The minimum atomic E-state index is 0.332. The SMILES string of the molecule is CCCC1C=C(c2ccccc2)CCO1. The van der Waals surface area contributed by atoms with Crippen LogP contribution in [0.3, 0.4) is 0 Å². The fourth-order valence-electron chi connectivity index (χ4n) is 2.02. The Hall–Kier alpha value is -1.08. The Kier molecular flexibility index (Phi) is 3.57. The summed E-state index contributed by atoms with van der Waals surface area (Å²) in [5.74, 6) is 0. The first-order chi connectivity index (χ1) is 7.40. The second-order valence-electron chi connectivity index (χ2n) is 4.01. The van der Waals surface area contributed by atoms with Crippen LogP contribution in [0.2, 0.25) is 0 Å². The molecule has 0 saturated carbocycles. The van der Waals surface area contributed by atoms with Crippen LogP contribution in [0.4, 0.5) is 0 Å². The molecule has 0 N–H and O–H groups in total. The van der Waals surface area contributed by atoms with Gasteiger partial charge in [0, 0.05) is 0 Å². The predicted octanol–water partition coefficient (Wildman–Crippen LogP) is 3.66. The molecule has 0 aromatic heterocycles. The molecule has 0 aliphatic carbocycles. The molecule has 1 heteroatoms. The standard InChI is InChI=1S/C14H18O/c1-2-6-14-11-13(9-10-15-14)12-7-4-3-5-8-12/h3-5,7-8,11,14H,2,6,9-10H2,1H3. The molecule has 1 aromatic carbocycles. The zero-order valence-electron chi connectivity index (χ0n) is 9.28. The van der Waals surface area contributed by atoms with Gasteiger partial charge in [0.05, 0.1) is 12.7 Å². The summed E-state index contributed by atoms with van der Waals surface area (Å²) in [7, 11) is 0. The summed E-state index contributed by atoms with van der Waals surface area (Å²) >= 11 is 0. The second kappa shape index (κ2) is 5.13. The molecule has 0 radical (unpaired) electrons. The molecule has 80 valence electrons. The third-order valence-electron chi connectivity index (χ3n) is 2.81. The monoisotopic (exact) mass is 202 g/mol. The van der Waals surface area contributed by atoms with E-state index in [4.69, 9.17) is 4.74 Å². The van der Waals surface area contributed by atoms with Crippen molar-refractivity contribution in [2.24, 2.45) is 0 Å². The summed E-state index contributed by atoms with van der Waals surface area (Å²) in [4.78, 5) is 0. The summed E-state index contributed by atoms with van der Waals surface area (Å²) in [5.41, 5.74) is 2.79. The van der Waals surface area contributed by atoms with Gasteiger partial charge in [-0.25, -0.2) is 0 Å². The summed E-state index contributed by atoms with van der Waals surface area (Å²) in [6, 6.07) is 10.6. The average molecular weight is 202 g/mol. The second-order valence-corrected chi connectivity index (χ2v) is 4.01. The summed E-state index contributed by atoms with van der Waals surface area (Å²) in [6.07, 6.45) is 5.99. The fraction of sp³-hybridized carbons (Fsp3) is 0.429. The van der Waals surface area contributed by atoms with E-state index in [1.807, 2.05) is 0 Å². The van der Waals surface area contributed by atoms with Crippen molar-refractivity contribution in [3.8, 4) is 0 Å². The maximum Gasteiger partial charge on any atom is 0.0761 e. The zero-order chi connectivity index (χ0) is 10.5. The van der Waals surface area contributed by atoms with E-state index >= 15 is 0 Å². The average Bonchev–Trinajstić information content (AvgIpc) is 2.31. The highest BCUT2D eigenvalue weighted by molar-refractivity contribution is 5.66. The smallest absolute Gasteiger partial charge is 0.0761 e.